The molecule has 0 N–H and O–H groups in total. The maximum atomic E-state index is 13.3. The molecule has 1 fully saturated rings. The summed E-state index contributed by atoms with van der Waals surface area (Å²) < 4.78 is 24.3. The van der Waals surface area contributed by atoms with E-state index in [0.717, 1.165) is 16.7 Å². The SMILES string of the molecule is C/C=C(/C[C@@H]1[C@@H](OC(C)=O)CCN1C(=O)OCc1ccccc1)c1ccc(F)cc1. The predicted octanol–water partition coefficient (Wildman–Crippen LogP) is 4.96. The molecule has 0 saturated carbocycles. The summed E-state index contributed by atoms with van der Waals surface area (Å²) in [6.45, 7) is 3.88. The maximum Gasteiger partial charge on any atom is 0.410 e. The first-order chi connectivity index (χ1) is 14.5. The van der Waals surface area contributed by atoms with Gasteiger partial charge in [0.25, 0.3) is 0 Å². The van der Waals surface area contributed by atoms with E-state index in [1.165, 1.54) is 19.1 Å². The van der Waals surface area contributed by atoms with Crippen molar-refractivity contribution in [3.63, 3.8) is 0 Å². The molecule has 30 heavy (non-hydrogen) atoms. The minimum Gasteiger partial charge on any atom is -0.460 e. The minimum atomic E-state index is -0.437. The third kappa shape index (κ3) is 5.47. The first-order valence-corrected chi connectivity index (χ1v) is 10.0. The number of carbonyl (C=O) groups is 2. The van der Waals surface area contributed by atoms with Crippen LogP contribution in [-0.4, -0.2) is 35.7 Å². The van der Waals surface area contributed by atoms with E-state index in [0.29, 0.717) is 19.4 Å². The summed E-state index contributed by atoms with van der Waals surface area (Å²) in [5.41, 5.74) is 2.71. The monoisotopic (exact) mass is 411 g/mol. The molecule has 0 spiro atoms. The predicted molar refractivity (Wildman–Crippen MR) is 112 cm³/mol. The normalized spacial score (nSPS) is 18.9. The Balaban J connectivity index is 1.75. The summed E-state index contributed by atoms with van der Waals surface area (Å²) in [5, 5.41) is 0. The quantitative estimate of drug-likeness (QED) is 0.631. The van der Waals surface area contributed by atoms with Crippen molar-refractivity contribution in [3.05, 3.63) is 77.6 Å². The van der Waals surface area contributed by atoms with E-state index in [1.807, 2.05) is 43.3 Å². The van der Waals surface area contributed by atoms with Gasteiger partial charge in [-0.15, -0.1) is 0 Å². The molecule has 2 aromatic carbocycles. The van der Waals surface area contributed by atoms with E-state index < -0.39 is 12.2 Å². The van der Waals surface area contributed by atoms with Crippen molar-refractivity contribution in [2.24, 2.45) is 0 Å². The highest BCUT2D eigenvalue weighted by atomic mass is 19.1. The Bertz CT molecular complexity index is 895. The number of hydrogen-bond donors (Lipinski definition) is 0. The molecule has 5 nitrogen and oxygen atoms in total. The third-order valence-corrected chi connectivity index (χ3v) is 5.23. The van der Waals surface area contributed by atoms with Gasteiger partial charge in [-0.1, -0.05) is 48.5 Å². The van der Waals surface area contributed by atoms with Gasteiger partial charge in [0, 0.05) is 19.9 Å². The number of benzene rings is 2. The van der Waals surface area contributed by atoms with Gasteiger partial charge in [0.1, 0.15) is 18.5 Å². The fourth-order valence-electron chi connectivity index (χ4n) is 3.74. The molecule has 158 valence electrons. The van der Waals surface area contributed by atoms with Crippen LogP contribution >= 0.6 is 0 Å². The zero-order valence-corrected chi connectivity index (χ0v) is 17.2. The van der Waals surface area contributed by atoms with Crippen molar-refractivity contribution >= 4 is 17.6 Å². The van der Waals surface area contributed by atoms with Crippen LogP contribution < -0.4 is 0 Å². The van der Waals surface area contributed by atoms with Crippen LogP contribution in [0.3, 0.4) is 0 Å². The van der Waals surface area contributed by atoms with Crippen molar-refractivity contribution in [3.8, 4) is 0 Å². The standard InChI is InChI=1S/C24H26FNO4/c1-3-19(20-9-11-21(25)12-10-20)15-22-23(30-17(2)27)13-14-26(22)24(28)29-16-18-7-5-4-6-8-18/h3-12,22-23H,13-16H2,1-2H3/b19-3-/t22-,23+/m1/s1. The van der Waals surface area contributed by atoms with Crippen LogP contribution in [-0.2, 0) is 20.9 Å². The molecule has 1 amide bonds. The Morgan fingerprint density at radius 3 is 2.47 bits per heavy atom. The zero-order valence-electron chi connectivity index (χ0n) is 17.2. The maximum absolute atomic E-state index is 13.3. The fourth-order valence-corrected chi connectivity index (χ4v) is 3.74. The van der Waals surface area contributed by atoms with Gasteiger partial charge in [-0.05, 0) is 42.2 Å². The Hall–Kier alpha value is -3.15. The molecule has 0 aromatic heterocycles. The molecule has 0 radical (unpaired) electrons. The van der Waals surface area contributed by atoms with E-state index in [1.54, 1.807) is 17.0 Å². The van der Waals surface area contributed by atoms with Gasteiger partial charge >= 0.3 is 12.1 Å². The molecule has 1 saturated heterocycles. The molecule has 1 aliphatic rings. The molecular weight excluding hydrogens is 385 g/mol. The molecule has 1 heterocycles. The summed E-state index contributed by atoms with van der Waals surface area (Å²) in [6, 6.07) is 15.3. The molecule has 3 rings (SSSR count). The smallest absolute Gasteiger partial charge is 0.410 e. The molecule has 2 atom stereocenters. The number of likely N-dealkylation sites (tertiary alicyclic amines) is 1. The lowest BCUT2D eigenvalue weighted by Gasteiger charge is -2.28. The molecule has 6 heteroatoms. The van der Waals surface area contributed by atoms with Crippen molar-refractivity contribution in [1.29, 1.82) is 0 Å². The lowest BCUT2D eigenvalue weighted by atomic mass is 9.96. The lowest BCUT2D eigenvalue weighted by molar-refractivity contribution is -0.147. The largest absolute Gasteiger partial charge is 0.460 e. The molecule has 0 aliphatic carbocycles. The van der Waals surface area contributed by atoms with E-state index >= 15 is 0 Å². The van der Waals surface area contributed by atoms with Gasteiger partial charge in [-0.25, -0.2) is 9.18 Å². The second-order valence-electron chi connectivity index (χ2n) is 7.26. The number of carbonyl (C=O) groups excluding carboxylic acids is 2. The van der Waals surface area contributed by atoms with Crippen LogP contribution in [0.2, 0.25) is 0 Å². The van der Waals surface area contributed by atoms with Crippen molar-refractivity contribution in [2.75, 3.05) is 6.54 Å². The fraction of sp³-hybridized carbons (Fsp3) is 0.333. The van der Waals surface area contributed by atoms with E-state index in [4.69, 9.17) is 9.47 Å². The van der Waals surface area contributed by atoms with E-state index in [9.17, 15) is 14.0 Å². The van der Waals surface area contributed by atoms with E-state index in [2.05, 4.69) is 0 Å². The number of nitrogens with zero attached hydrogens (tertiary/aromatic N) is 1. The van der Waals surface area contributed by atoms with Crippen LogP contribution in [0.25, 0.3) is 5.57 Å². The second-order valence-corrected chi connectivity index (χ2v) is 7.26. The number of hydrogen-bond acceptors (Lipinski definition) is 4. The first-order valence-electron chi connectivity index (χ1n) is 10.0. The Morgan fingerprint density at radius 1 is 1.13 bits per heavy atom. The van der Waals surface area contributed by atoms with Crippen molar-refractivity contribution < 1.29 is 23.5 Å². The summed E-state index contributed by atoms with van der Waals surface area (Å²) >= 11 is 0. The summed E-state index contributed by atoms with van der Waals surface area (Å²) in [5.74, 6) is -0.688. The molecular formula is C24H26FNO4. The topological polar surface area (TPSA) is 55.8 Å². The van der Waals surface area contributed by atoms with Gasteiger partial charge < -0.3 is 14.4 Å². The van der Waals surface area contributed by atoms with Crippen LogP contribution in [0.4, 0.5) is 9.18 Å². The second kappa shape index (κ2) is 10.1. The van der Waals surface area contributed by atoms with Crippen LogP contribution in [0.15, 0.2) is 60.7 Å². The molecule has 0 bridgehead atoms. The number of ether oxygens (including phenoxy) is 2. The average Bonchev–Trinajstić information content (AvgIpc) is 3.13. The Labute approximate surface area is 176 Å². The molecule has 2 aromatic rings. The van der Waals surface area contributed by atoms with Gasteiger partial charge in [-0.2, -0.15) is 0 Å². The van der Waals surface area contributed by atoms with Crippen molar-refractivity contribution in [1.82, 2.24) is 4.90 Å². The Kier molecular flexibility index (Phi) is 7.22. The van der Waals surface area contributed by atoms with Crippen LogP contribution in [0.5, 0.6) is 0 Å². The highest BCUT2D eigenvalue weighted by molar-refractivity contribution is 5.71. The molecule has 1 aliphatic heterocycles. The molecule has 0 unspecified atom stereocenters. The summed E-state index contributed by atoms with van der Waals surface area (Å²) in [4.78, 5) is 26.0. The summed E-state index contributed by atoms with van der Waals surface area (Å²) in [6.07, 6.45) is 2.10. The summed E-state index contributed by atoms with van der Waals surface area (Å²) in [7, 11) is 0. The van der Waals surface area contributed by atoms with Gasteiger partial charge in [0.05, 0.1) is 6.04 Å². The average molecular weight is 411 g/mol. The third-order valence-electron chi connectivity index (χ3n) is 5.23. The highest BCUT2D eigenvalue weighted by Gasteiger charge is 2.40. The van der Waals surface area contributed by atoms with Crippen LogP contribution in [0.1, 0.15) is 37.8 Å². The number of rotatable bonds is 6. The number of allylic oxidation sites excluding steroid dienone is 1. The Morgan fingerprint density at radius 2 is 1.83 bits per heavy atom. The van der Waals surface area contributed by atoms with Crippen LogP contribution in [0, 0.1) is 5.82 Å². The van der Waals surface area contributed by atoms with Gasteiger partial charge in [-0.3, -0.25) is 4.79 Å². The van der Waals surface area contributed by atoms with Crippen molar-refractivity contribution in [2.45, 2.75) is 45.4 Å². The number of halogens is 1. The number of amides is 1. The first kappa shape index (κ1) is 21.6. The number of esters is 1. The highest BCUT2D eigenvalue weighted by Crippen LogP contribution is 2.31. The van der Waals surface area contributed by atoms with E-state index in [-0.39, 0.29) is 24.4 Å². The zero-order chi connectivity index (χ0) is 21.5. The lowest BCUT2D eigenvalue weighted by Crippen LogP contribution is -2.41. The van der Waals surface area contributed by atoms with Gasteiger partial charge in [0.15, 0.2) is 0 Å². The van der Waals surface area contributed by atoms with Gasteiger partial charge in [0.2, 0.25) is 0 Å². The minimum absolute atomic E-state index is 0.176.